The fourth-order valence-corrected chi connectivity index (χ4v) is 1.82. The van der Waals surface area contributed by atoms with E-state index in [9.17, 15) is 9.59 Å². The van der Waals surface area contributed by atoms with Gasteiger partial charge < -0.3 is 5.11 Å². The summed E-state index contributed by atoms with van der Waals surface area (Å²) in [5.41, 5.74) is 0. The predicted octanol–water partition coefficient (Wildman–Crippen LogP) is 0.903. The minimum atomic E-state index is -0.801. The van der Waals surface area contributed by atoms with Crippen molar-refractivity contribution in [2.24, 2.45) is 0 Å². The first-order chi connectivity index (χ1) is 6.52. The first-order valence-corrected chi connectivity index (χ1v) is 4.99. The van der Waals surface area contributed by atoms with Gasteiger partial charge in [0.25, 0.3) is 0 Å². The molecule has 4 heteroatoms. The molecular formula is C10H17NO3. The fourth-order valence-electron chi connectivity index (χ4n) is 1.82. The summed E-state index contributed by atoms with van der Waals surface area (Å²) in [4.78, 5) is 23.6. The molecule has 14 heavy (non-hydrogen) atoms. The third kappa shape index (κ3) is 2.54. The molecule has 4 nitrogen and oxygen atoms in total. The summed E-state index contributed by atoms with van der Waals surface area (Å²) < 4.78 is 0. The summed E-state index contributed by atoms with van der Waals surface area (Å²) in [5.74, 6) is -0.498. The van der Waals surface area contributed by atoms with E-state index in [4.69, 9.17) is 5.11 Å². The van der Waals surface area contributed by atoms with E-state index in [0.29, 0.717) is 18.6 Å². The molecular weight excluding hydrogens is 182 g/mol. The molecule has 1 atom stereocenters. The van der Waals surface area contributed by atoms with E-state index in [1.165, 1.54) is 0 Å². The summed E-state index contributed by atoms with van der Waals surface area (Å²) in [6, 6.07) is -0.216. The smallest absolute Gasteiger partial charge is 0.320 e. The van der Waals surface area contributed by atoms with Crippen molar-refractivity contribution >= 4 is 11.8 Å². The molecule has 1 aliphatic rings. The third-order valence-electron chi connectivity index (χ3n) is 3.06. The molecule has 1 unspecified atom stereocenters. The van der Waals surface area contributed by atoms with Crippen molar-refractivity contribution in [3.8, 4) is 0 Å². The second-order valence-electron chi connectivity index (χ2n) is 3.95. The first kappa shape index (κ1) is 11.2. The van der Waals surface area contributed by atoms with Crippen molar-refractivity contribution in [2.75, 3.05) is 7.05 Å². The Labute approximate surface area is 83.9 Å². The summed E-state index contributed by atoms with van der Waals surface area (Å²) in [5, 5.41) is 8.83. The number of hydrogen-bond acceptors (Lipinski definition) is 3. The molecule has 0 saturated heterocycles. The van der Waals surface area contributed by atoms with E-state index in [1.807, 2.05) is 11.9 Å². The average Bonchev–Trinajstić information content (AvgIpc) is 2.16. The van der Waals surface area contributed by atoms with Gasteiger partial charge in [0.1, 0.15) is 11.8 Å². The highest BCUT2D eigenvalue weighted by Crippen LogP contribution is 2.20. The van der Waals surface area contributed by atoms with Crippen LogP contribution in [0.25, 0.3) is 0 Å². The maximum absolute atomic E-state index is 11.0. The molecule has 0 radical (unpaired) electrons. The van der Waals surface area contributed by atoms with Gasteiger partial charge in [0, 0.05) is 18.9 Å². The Morgan fingerprint density at radius 3 is 2.43 bits per heavy atom. The van der Waals surface area contributed by atoms with Crippen molar-refractivity contribution in [1.29, 1.82) is 0 Å². The van der Waals surface area contributed by atoms with Gasteiger partial charge >= 0.3 is 5.97 Å². The van der Waals surface area contributed by atoms with Crippen LogP contribution in [0.2, 0.25) is 0 Å². The number of carboxylic acids is 1. The monoisotopic (exact) mass is 199 g/mol. The largest absolute Gasteiger partial charge is 0.480 e. The number of carbonyl (C=O) groups is 2. The van der Waals surface area contributed by atoms with Crippen molar-refractivity contribution in [3.63, 3.8) is 0 Å². The zero-order valence-corrected chi connectivity index (χ0v) is 8.69. The van der Waals surface area contributed by atoms with Crippen LogP contribution in [0.4, 0.5) is 0 Å². The molecule has 0 amide bonds. The molecule has 1 rings (SSSR count). The number of nitrogens with zero attached hydrogens (tertiary/aromatic N) is 1. The molecule has 1 fully saturated rings. The third-order valence-corrected chi connectivity index (χ3v) is 3.06. The summed E-state index contributed by atoms with van der Waals surface area (Å²) in [7, 11) is 1.82. The van der Waals surface area contributed by atoms with Crippen LogP contribution >= 0.6 is 0 Å². The highest BCUT2D eigenvalue weighted by Gasteiger charge is 2.27. The lowest BCUT2D eigenvalue weighted by atomic mass is 9.93. The van der Waals surface area contributed by atoms with Gasteiger partial charge in [-0.15, -0.1) is 0 Å². The number of hydrogen-bond donors (Lipinski definition) is 1. The molecule has 0 spiro atoms. The number of rotatable bonds is 3. The zero-order valence-electron chi connectivity index (χ0n) is 8.69. The van der Waals surface area contributed by atoms with Crippen LogP contribution in [0.3, 0.4) is 0 Å². The number of aliphatic carboxylic acids is 1. The van der Waals surface area contributed by atoms with Gasteiger partial charge in [-0.25, -0.2) is 0 Å². The predicted molar refractivity (Wildman–Crippen MR) is 52.1 cm³/mol. The standard InChI is InChI=1S/C10H17NO3/c1-7(10(13)14)11(2)8-3-5-9(12)6-4-8/h7-8H,3-6H2,1-2H3,(H,13,14). The van der Waals surface area contributed by atoms with Gasteiger partial charge in [-0.2, -0.15) is 0 Å². The molecule has 1 aliphatic carbocycles. The molecule has 0 aromatic heterocycles. The highest BCUT2D eigenvalue weighted by molar-refractivity contribution is 5.79. The number of carboxylic acid groups (broad SMARTS) is 1. The Balaban J connectivity index is 2.48. The van der Waals surface area contributed by atoms with E-state index in [0.717, 1.165) is 12.8 Å². The van der Waals surface area contributed by atoms with Crippen molar-refractivity contribution < 1.29 is 14.7 Å². The van der Waals surface area contributed by atoms with Crippen molar-refractivity contribution in [2.45, 2.75) is 44.7 Å². The van der Waals surface area contributed by atoms with Crippen LogP contribution in [-0.4, -0.2) is 40.9 Å². The van der Waals surface area contributed by atoms with Crippen LogP contribution in [0.5, 0.6) is 0 Å². The van der Waals surface area contributed by atoms with Gasteiger partial charge in [0.15, 0.2) is 0 Å². The Hall–Kier alpha value is -0.900. The topological polar surface area (TPSA) is 57.6 Å². The maximum atomic E-state index is 11.0. The summed E-state index contributed by atoms with van der Waals surface area (Å²) in [6.45, 7) is 1.68. The van der Waals surface area contributed by atoms with Crippen molar-refractivity contribution in [3.05, 3.63) is 0 Å². The second kappa shape index (κ2) is 4.55. The van der Waals surface area contributed by atoms with Crippen molar-refractivity contribution in [1.82, 2.24) is 4.90 Å². The molecule has 0 bridgehead atoms. The molecule has 1 saturated carbocycles. The van der Waals surface area contributed by atoms with Crippen LogP contribution < -0.4 is 0 Å². The van der Waals surface area contributed by atoms with Crippen LogP contribution in [-0.2, 0) is 9.59 Å². The quantitative estimate of drug-likeness (QED) is 0.733. The minimum absolute atomic E-state index is 0.249. The Kier molecular flexibility index (Phi) is 3.63. The van der Waals surface area contributed by atoms with E-state index < -0.39 is 12.0 Å². The van der Waals surface area contributed by atoms with Crippen LogP contribution in [0, 0.1) is 0 Å². The van der Waals surface area contributed by atoms with Gasteiger partial charge in [-0.1, -0.05) is 0 Å². The lowest BCUT2D eigenvalue weighted by Crippen LogP contribution is -2.44. The number of Topliss-reactive ketones (excluding diaryl/α,β-unsaturated/α-hetero) is 1. The van der Waals surface area contributed by atoms with E-state index in [1.54, 1.807) is 6.92 Å². The van der Waals surface area contributed by atoms with Crippen LogP contribution in [0.1, 0.15) is 32.6 Å². The lowest BCUT2D eigenvalue weighted by molar-refractivity contribution is -0.143. The summed E-state index contributed by atoms with van der Waals surface area (Å²) >= 11 is 0. The van der Waals surface area contributed by atoms with E-state index in [-0.39, 0.29) is 6.04 Å². The number of carbonyl (C=O) groups excluding carboxylic acids is 1. The summed E-state index contributed by atoms with van der Waals surface area (Å²) in [6.07, 6.45) is 2.79. The normalized spacial score (nSPS) is 21.2. The molecule has 0 aromatic rings. The van der Waals surface area contributed by atoms with E-state index in [2.05, 4.69) is 0 Å². The van der Waals surface area contributed by atoms with Gasteiger partial charge in [-0.3, -0.25) is 14.5 Å². The number of likely N-dealkylation sites (N-methyl/N-ethyl adjacent to an activating group) is 1. The molecule has 0 aliphatic heterocycles. The Morgan fingerprint density at radius 2 is 2.00 bits per heavy atom. The minimum Gasteiger partial charge on any atom is -0.480 e. The van der Waals surface area contributed by atoms with Gasteiger partial charge in [-0.05, 0) is 26.8 Å². The SMILES string of the molecule is CC(C(=O)O)N(C)C1CCC(=O)CC1. The molecule has 0 heterocycles. The van der Waals surface area contributed by atoms with E-state index >= 15 is 0 Å². The second-order valence-corrected chi connectivity index (χ2v) is 3.95. The Morgan fingerprint density at radius 1 is 1.50 bits per heavy atom. The highest BCUT2D eigenvalue weighted by atomic mass is 16.4. The molecule has 80 valence electrons. The molecule has 0 aromatic carbocycles. The van der Waals surface area contributed by atoms with Crippen LogP contribution in [0.15, 0.2) is 0 Å². The maximum Gasteiger partial charge on any atom is 0.320 e. The first-order valence-electron chi connectivity index (χ1n) is 4.99. The lowest BCUT2D eigenvalue weighted by Gasteiger charge is -2.33. The average molecular weight is 199 g/mol. The Bertz CT molecular complexity index is 230. The molecule has 1 N–H and O–H groups in total. The zero-order chi connectivity index (χ0) is 10.7. The number of ketones is 1. The van der Waals surface area contributed by atoms with Gasteiger partial charge in [0.05, 0.1) is 0 Å². The van der Waals surface area contributed by atoms with Gasteiger partial charge in [0.2, 0.25) is 0 Å². The fraction of sp³-hybridized carbons (Fsp3) is 0.800.